The fourth-order valence-electron chi connectivity index (χ4n) is 3.04. The van der Waals surface area contributed by atoms with Crippen LogP contribution in [0.15, 0.2) is 30.3 Å². The van der Waals surface area contributed by atoms with Crippen LogP contribution in [0.4, 0.5) is 5.69 Å². The molecule has 2 aromatic carbocycles. The van der Waals surface area contributed by atoms with Gasteiger partial charge in [-0.25, -0.2) is 0 Å². The molecule has 0 spiro atoms. The highest BCUT2D eigenvalue weighted by atomic mass is 32.1. The average Bonchev–Trinajstić information content (AvgIpc) is 2.66. The molecule has 0 amide bonds. The third kappa shape index (κ3) is 4.34. The molecule has 26 heavy (non-hydrogen) atoms. The van der Waals surface area contributed by atoms with Gasteiger partial charge in [0.2, 0.25) is 0 Å². The maximum absolute atomic E-state index is 10.4. The van der Waals surface area contributed by atoms with Crippen molar-refractivity contribution >= 4 is 23.1 Å². The van der Waals surface area contributed by atoms with Crippen molar-refractivity contribution in [2.75, 3.05) is 12.2 Å². The van der Waals surface area contributed by atoms with E-state index < -0.39 is 0 Å². The number of hydrogen-bond donors (Lipinski definition) is 1. The first kappa shape index (κ1) is 20.2. The van der Waals surface area contributed by atoms with Crippen molar-refractivity contribution in [1.82, 2.24) is 0 Å². The van der Waals surface area contributed by atoms with E-state index in [-0.39, 0.29) is 5.17 Å². The Morgan fingerprint density at radius 3 is 2.38 bits per heavy atom. The molecule has 0 fully saturated rings. The molecule has 0 heterocycles. The molecule has 0 atom stereocenters. The molecule has 5 heteroatoms. The number of ether oxygens (including phenoxy) is 2. The molecule has 2 aromatic rings. The highest BCUT2D eigenvalue weighted by Crippen LogP contribution is 2.28. The molecular formula is C21H27NO3S. The molecule has 0 aliphatic heterocycles. The second-order valence-electron chi connectivity index (χ2n) is 6.24. The number of hydroxylamine groups is 1. The van der Waals surface area contributed by atoms with E-state index in [1.54, 1.807) is 0 Å². The summed E-state index contributed by atoms with van der Waals surface area (Å²) in [5.74, 6) is 0.857. The second kappa shape index (κ2) is 9.01. The van der Waals surface area contributed by atoms with Crippen molar-refractivity contribution in [2.45, 2.75) is 47.1 Å². The van der Waals surface area contributed by atoms with E-state index in [0.717, 1.165) is 40.3 Å². The van der Waals surface area contributed by atoms with Crippen LogP contribution in [0.5, 0.6) is 5.75 Å². The Labute approximate surface area is 161 Å². The first-order valence-corrected chi connectivity index (χ1v) is 9.24. The Bertz CT molecular complexity index is 789. The van der Waals surface area contributed by atoms with Gasteiger partial charge in [-0.05, 0) is 73.3 Å². The lowest BCUT2D eigenvalue weighted by Gasteiger charge is -2.22. The fraction of sp³-hybridized carbons (Fsp3) is 0.381. The van der Waals surface area contributed by atoms with Gasteiger partial charge in [-0.3, -0.25) is 5.21 Å². The van der Waals surface area contributed by atoms with Crippen LogP contribution in [0.3, 0.4) is 0 Å². The third-order valence-corrected chi connectivity index (χ3v) is 4.93. The summed E-state index contributed by atoms with van der Waals surface area (Å²) in [5.41, 5.74) is 6.23. The Balaban J connectivity index is 2.34. The monoisotopic (exact) mass is 373 g/mol. The molecule has 2 rings (SSSR count). The number of hydrogen-bond acceptors (Lipinski definition) is 4. The van der Waals surface area contributed by atoms with Crippen molar-refractivity contribution in [3.8, 4) is 5.75 Å². The summed E-state index contributed by atoms with van der Waals surface area (Å²) in [7, 11) is 1.44. The minimum absolute atomic E-state index is 0.00109. The van der Waals surface area contributed by atoms with Gasteiger partial charge in [-0.2, -0.15) is 5.06 Å². The van der Waals surface area contributed by atoms with Gasteiger partial charge in [0, 0.05) is 5.56 Å². The minimum Gasteiger partial charge on any atom is -0.489 e. The van der Waals surface area contributed by atoms with E-state index in [4.69, 9.17) is 21.7 Å². The zero-order valence-electron chi connectivity index (χ0n) is 16.1. The second-order valence-corrected chi connectivity index (χ2v) is 6.59. The van der Waals surface area contributed by atoms with Crippen LogP contribution in [0.25, 0.3) is 0 Å². The van der Waals surface area contributed by atoms with E-state index in [1.807, 2.05) is 18.2 Å². The average molecular weight is 374 g/mol. The summed E-state index contributed by atoms with van der Waals surface area (Å²) < 4.78 is 11.1. The first-order valence-electron chi connectivity index (χ1n) is 8.83. The summed E-state index contributed by atoms with van der Waals surface area (Å²) in [4.78, 5) is 0. The van der Waals surface area contributed by atoms with E-state index in [2.05, 4.69) is 39.8 Å². The Kier molecular flexibility index (Phi) is 7.00. The van der Waals surface area contributed by atoms with Crippen LogP contribution in [0.2, 0.25) is 0 Å². The van der Waals surface area contributed by atoms with Crippen LogP contribution < -0.4 is 9.80 Å². The number of aryl methyl sites for hydroxylation is 4. The van der Waals surface area contributed by atoms with Crippen molar-refractivity contribution in [1.29, 1.82) is 0 Å². The Morgan fingerprint density at radius 2 is 1.77 bits per heavy atom. The molecule has 0 unspecified atom stereocenters. The Morgan fingerprint density at radius 1 is 1.08 bits per heavy atom. The van der Waals surface area contributed by atoms with Gasteiger partial charge in [0.25, 0.3) is 5.17 Å². The number of nitrogens with zero attached hydrogens (tertiary/aromatic N) is 1. The van der Waals surface area contributed by atoms with E-state index in [0.29, 0.717) is 12.3 Å². The zero-order chi connectivity index (χ0) is 19.3. The summed E-state index contributed by atoms with van der Waals surface area (Å²) in [5, 5.41) is 11.3. The lowest BCUT2D eigenvalue weighted by atomic mass is 10.0. The van der Waals surface area contributed by atoms with E-state index in [9.17, 15) is 5.21 Å². The summed E-state index contributed by atoms with van der Waals surface area (Å²) in [6.07, 6.45) is 1.83. The molecule has 0 aromatic heterocycles. The lowest BCUT2D eigenvalue weighted by molar-refractivity contribution is 0.264. The van der Waals surface area contributed by atoms with E-state index >= 15 is 0 Å². The Hall–Kier alpha value is -2.11. The highest BCUT2D eigenvalue weighted by molar-refractivity contribution is 7.80. The maximum Gasteiger partial charge on any atom is 0.288 e. The summed E-state index contributed by atoms with van der Waals surface area (Å²) >= 11 is 5.06. The number of methoxy groups -OCH3 is 1. The van der Waals surface area contributed by atoms with Crippen molar-refractivity contribution in [2.24, 2.45) is 0 Å². The van der Waals surface area contributed by atoms with Gasteiger partial charge in [0.05, 0.1) is 12.8 Å². The zero-order valence-corrected chi connectivity index (χ0v) is 16.9. The standard InChI is InChI=1S/C21H27NO3S/c1-6-16-9-8-10-19(22(23)21(26)24-5)18(16)13-25-20-12-14(3)17(7-2)11-15(20)4/h8-12,23H,6-7,13H2,1-5H3. The van der Waals surface area contributed by atoms with Crippen LogP contribution in [-0.2, 0) is 24.2 Å². The number of rotatable bonds is 6. The highest BCUT2D eigenvalue weighted by Gasteiger charge is 2.17. The van der Waals surface area contributed by atoms with Gasteiger partial charge in [0.15, 0.2) is 0 Å². The molecule has 4 nitrogen and oxygen atoms in total. The van der Waals surface area contributed by atoms with Crippen molar-refractivity contribution in [3.63, 3.8) is 0 Å². The third-order valence-electron chi connectivity index (χ3n) is 4.59. The molecule has 0 saturated carbocycles. The SMILES string of the molecule is CCc1cc(C)c(OCc2c(CC)cccc2N(O)C(=S)OC)cc1C. The quantitative estimate of drug-likeness (QED) is 0.561. The fourth-order valence-corrected chi connectivity index (χ4v) is 3.14. The predicted molar refractivity (Wildman–Crippen MR) is 109 cm³/mol. The predicted octanol–water partition coefficient (Wildman–Crippen LogP) is 5.13. The lowest BCUT2D eigenvalue weighted by Crippen LogP contribution is -2.28. The number of thiocarbonyl (C=S) groups is 1. The molecule has 140 valence electrons. The van der Waals surface area contributed by atoms with Gasteiger partial charge >= 0.3 is 0 Å². The maximum atomic E-state index is 10.4. The van der Waals surface area contributed by atoms with Crippen LogP contribution in [0.1, 0.15) is 41.7 Å². The van der Waals surface area contributed by atoms with Crippen LogP contribution in [-0.4, -0.2) is 17.5 Å². The summed E-state index contributed by atoms with van der Waals surface area (Å²) in [6, 6.07) is 9.99. The van der Waals surface area contributed by atoms with Crippen LogP contribution in [0, 0.1) is 13.8 Å². The van der Waals surface area contributed by atoms with E-state index in [1.165, 1.54) is 18.2 Å². The van der Waals surface area contributed by atoms with Crippen LogP contribution >= 0.6 is 12.2 Å². The van der Waals surface area contributed by atoms with Gasteiger partial charge < -0.3 is 9.47 Å². The normalized spacial score (nSPS) is 10.5. The largest absolute Gasteiger partial charge is 0.489 e. The first-order chi connectivity index (χ1) is 12.4. The van der Waals surface area contributed by atoms with Gasteiger partial charge in [0.1, 0.15) is 12.4 Å². The van der Waals surface area contributed by atoms with Gasteiger partial charge in [-0.15, -0.1) is 0 Å². The van der Waals surface area contributed by atoms with Crippen molar-refractivity contribution in [3.05, 3.63) is 58.1 Å². The molecule has 0 aliphatic rings. The minimum atomic E-state index is -0.00109. The van der Waals surface area contributed by atoms with Gasteiger partial charge in [-0.1, -0.05) is 32.0 Å². The molecule has 0 radical (unpaired) electrons. The molecular weight excluding hydrogens is 346 g/mol. The smallest absolute Gasteiger partial charge is 0.288 e. The topological polar surface area (TPSA) is 41.9 Å². The molecule has 0 saturated heterocycles. The number of anilines is 1. The molecule has 0 aliphatic carbocycles. The number of benzene rings is 2. The molecule has 0 bridgehead atoms. The van der Waals surface area contributed by atoms with Crippen molar-refractivity contribution < 1.29 is 14.7 Å². The summed E-state index contributed by atoms with van der Waals surface area (Å²) in [6.45, 7) is 8.72. The molecule has 1 N–H and O–H groups in total.